The van der Waals surface area contributed by atoms with Gasteiger partial charge in [-0.3, -0.25) is 0 Å². The highest BCUT2D eigenvalue weighted by Crippen LogP contribution is 2.54. The number of para-hydroxylation sites is 3. The summed E-state index contributed by atoms with van der Waals surface area (Å²) < 4.78 is 2.48. The average molecular weight is 715 g/mol. The second-order valence-electron chi connectivity index (χ2n) is 14.4. The second-order valence-corrected chi connectivity index (χ2v) is 14.4. The van der Waals surface area contributed by atoms with Crippen molar-refractivity contribution in [1.29, 1.82) is 0 Å². The van der Waals surface area contributed by atoms with Crippen LogP contribution in [0.3, 0.4) is 0 Å². The number of hydrogen-bond acceptors (Lipinski definition) is 3. The molecule has 1 aliphatic heterocycles. The summed E-state index contributed by atoms with van der Waals surface area (Å²) in [7, 11) is 0. The van der Waals surface area contributed by atoms with Gasteiger partial charge in [0.1, 0.15) is 0 Å². The maximum Gasteiger partial charge on any atom is 0.164 e. The maximum atomic E-state index is 4.94. The van der Waals surface area contributed by atoms with Crippen molar-refractivity contribution < 1.29 is 0 Å². The Labute approximate surface area is 325 Å². The van der Waals surface area contributed by atoms with E-state index in [1.807, 2.05) is 60.7 Å². The molecule has 10 aromatic rings. The third kappa shape index (κ3) is 4.89. The van der Waals surface area contributed by atoms with Crippen molar-refractivity contribution in [3.05, 3.63) is 229 Å². The van der Waals surface area contributed by atoms with Crippen molar-refractivity contribution in [1.82, 2.24) is 19.5 Å². The van der Waals surface area contributed by atoms with E-state index < -0.39 is 5.41 Å². The molecule has 1 unspecified atom stereocenters. The van der Waals surface area contributed by atoms with Crippen LogP contribution in [-0.4, -0.2) is 19.5 Å². The first-order chi connectivity index (χ1) is 27.8. The standard InChI is InChI=1S/C52H34N4/c1-4-15-37(16-5-1)49-53-50(38-17-6-2-7-18-38)55-51(54-49)39-29-27-35(28-30-39)36-31-33-41(34-32-36)52(40-19-8-3-9-20-40)44-23-11-13-26-47(44)56-46-25-12-10-21-42(46)43-22-14-24-45(52)48(43)56/h1-34H. The first-order valence-corrected chi connectivity index (χ1v) is 19.0. The minimum Gasteiger partial charge on any atom is -0.309 e. The summed E-state index contributed by atoms with van der Waals surface area (Å²) in [5, 5.41) is 2.54. The summed E-state index contributed by atoms with van der Waals surface area (Å²) in [6, 6.07) is 73.5. The Kier molecular flexibility index (Phi) is 7.36. The van der Waals surface area contributed by atoms with Gasteiger partial charge in [-0.1, -0.05) is 194 Å². The third-order valence-corrected chi connectivity index (χ3v) is 11.3. The molecule has 0 aliphatic carbocycles. The Morgan fingerprint density at radius 2 is 0.768 bits per heavy atom. The van der Waals surface area contributed by atoms with Gasteiger partial charge in [0.05, 0.1) is 22.1 Å². The Bertz CT molecular complexity index is 2990. The van der Waals surface area contributed by atoms with Crippen molar-refractivity contribution in [2.75, 3.05) is 0 Å². The van der Waals surface area contributed by atoms with Crippen LogP contribution in [0.25, 0.3) is 72.8 Å². The van der Waals surface area contributed by atoms with Gasteiger partial charge in [-0.25, -0.2) is 15.0 Å². The van der Waals surface area contributed by atoms with Crippen molar-refractivity contribution in [2.45, 2.75) is 5.41 Å². The predicted molar refractivity (Wildman–Crippen MR) is 228 cm³/mol. The molecule has 1 atom stereocenters. The number of nitrogens with zero attached hydrogens (tertiary/aromatic N) is 4. The number of rotatable bonds is 6. The summed E-state index contributed by atoms with van der Waals surface area (Å²) in [6.07, 6.45) is 0. The van der Waals surface area contributed by atoms with E-state index in [4.69, 9.17) is 15.0 Å². The number of fused-ring (bicyclic) bond motifs is 5. The molecule has 4 heteroatoms. The smallest absolute Gasteiger partial charge is 0.164 e. The number of hydrogen-bond donors (Lipinski definition) is 0. The predicted octanol–water partition coefficient (Wildman–Crippen LogP) is 12.3. The van der Waals surface area contributed by atoms with Crippen LogP contribution >= 0.6 is 0 Å². The van der Waals surface area contributed by atoms with E-state index in [1.165, 1.54) is 49.7 Å². The molecule has 2 aromatic heterocycles. The van der Waals surface area contributed by atoms with Crippen molar-refractivity contribution >= 4 is 21.8 Å². The monoisotopic (exact) mass is 714 g/mol. The quantitative estimate of drug-likeness (QED) is 0.172. The van der Waals surface area contributed by atoms with Crippen LogP contribution in [0.2, 0.25) is 0 Å². The fourth-order valence-corrected chi connectivity index (χ4v) is 8.84. The van der Waals surface area contributed by atoms with Gasteiger partial charge in [0.25, 0.3) is 0 Å². The molecule has 8 aromatic carbocycles. The molecular formula is C52H34N4. The molecule has 0 radical (unpaired) electrons. The highest BCUT2D eigenvalue weighted by molar-refractivity contribution is 6.12. The molecule has 0 saturated heterocycles. The van der Waals surface area contributed by atoms with Crippen LogP contribution in [0.5, 0.6) is 0 Å². The number of benzene rings is 8. The van der Waals surface area contributed by atoms with E-state index in [0.717, 1.165) is 27.8 Å². The molecule has 4 nitrogen and oxygen atoms in total. The highest BCUT2D eigenvalue weighted by atomic mass is 15.0. The zero-order valence-corrected chi connectivity index (χ0v) is 30.4. The largest absolute Gasteiger partial charge is 0.309 e. The van der Waals surface area contributed by atoms with E-state index in [9.17, 15) is 0 Å². The van der Waals surface area contributed by atoms with Gasteiger partial charge in [0, 0.05) is 27.5 Å². The molecule has 0 amide bonds. The third-order valence-electron chi connectivity index (χ3n) is 11.3. The van der Waals surface area contributed by atoms with Gasteiger partial charge in [-0.05, 0) is 45.5 Å². The minimum absolute atomic E-state index is 0.532. The Balaban J connectivity index is 1.03. The van der Waals surface area contributed by atoms with E-state index >= 15 is 0 Å². The Morgan fingerprint density at radius 3 is 1.41 bits per heavy atom. The Hall–Kier alpha value is -7.43. The van der Waals surface area contributed by atoms with Crippen molar-refractivity contribution in [3.8, 4) is 51.0 Å². The molecular weight excluding hydrogens is 681 g/mol. The highest BCUT2D eigenvalue weighted by Gasteiger charge is 2.45. The van der Waals surface area contributed by atoms with Crippen LogP contribution in [0.1, 0.15) is 22.3 Å². The number of aromatic nitrogens is 4. The summed E-state index contributed by atoms with van der Waals surface area (Å²) in [5.74, 6) is 1.95. The topological polar surface area (TPSA) is 43.6 Å². The van der Waals surface area contributed by atoms with Gasteiger partial charge < -0.3 is 4.57 Å². The van der Waals surface area contributed by atoms with E-state index in [2.05, 4.69) is 150 Å². The second kappa shape index (κ2) is 12.9. The van der Waals surface area contributed by atoms with Gasteiger partial charge in [-0.15, -0.1) is 0 Å². The average Bonchev–Trinajstić information content (AvgIpc) is 3.63. The fourth-order valence-electron chi connectivity index (χ4n) is 8.84. The van der Waals surface area contributed by atoms with Crippen LogP contribution in [-0.2, 0) is 5.41 Å². The molecule has 1 aliphatic rings. The molecule has 0 bridgehead atoms. The van der Waals surface area contributed by atoms with E-state index in [-0.39, 0.29) is 0 Å². The zero-order valence-electron chi connectivity index (χ0n) is 30.4. The van der Waals surface area contributed by atoms with Gasteiger partial charge >= 0.3 is 0 Å². The molecule has 0 fully saturated rings. The summed E-state index contributed by atoms with van der Waals surface area (Å²) in [5.41, 5.74) is 13.3. The van der Waals surface area contributed by atoms with Gasteiger partial charge in [0.2, 0.25) is 0 Å². The minimum atomic E-state index is -0.532. The van der Waals surface area contributed by atoms with Crippen LogP contribution in [0.15, 0.2) is 206 Å². The van der Waals surface area contributed by atoms with E-state index in [1.54, 1.807) is 0 Å². The first-order valence-electron chi connectivity index (χ1n) is 19.0. The van der Waals surface area contributed by atoms with Gasteiger partial charge in [-0.2, -0.15) is 0 Å². The molecule has 3 heterocycles. The van der Waals surface area contributed by atoms with Crippen LogP contribution < -0.4 is 0 Å². The van der Waals surface area contributed by atoms with Gasteiger partial charge in [0.15, 0.2) is 17.5 Å². The molecule has 56 heavy (non-hydrogen) atoms. The fraction of sp³-hybridized carbons (Fsp3) is 0.0192. The molecule has 0 N–H and O–H groups in total. The van der Waals surface area contributed by atoms with Crippen molar-refractivity contribution in [3.63, 3.8) is 0 Å². The molecule has 0 saturated carbocycles. The SMILES string of the molecule is c1ccc(-c2nc(-c3ccccc3)nc(-c3ccc(-c4ccc(C5(c6ccccc6)c6ccccc6-n6c7ccccc7c7cccc5c76)cc4)cc3)n2)cc1. The first kappa shape index (κ1) is 32.0. The molecule has 11 rings (SSSR count). The Morgan fingerprint density at radius 1 is 0.321 bits per heavy atom. The molecule has 0 spiro atoms. The van der Waals surface area contributed by atoms with Crippen molar-refractivity contribution in [2.24, 2.45) is 0 Å². The lowest BCUT2D eigenvalue weighted by atomic mass is 9.63. The van der Waals surface area contributed by atoms with Crippen LogP contribution in [0, 0.1) is 0 Å². The van der Waals surface area contributed by atoms with Crippen LogP contribution in [0.4, 0.5) is 0 Å². The van der Waals surface area contributed by atoms with E-state index in [0.29, 0.717) is 17.5 Å². The zero-order chi connectivity index (χ0) is 37.1. The lowest BCUT2D eigenvalue weighted by Crippen LogP contribution is -2.35. The lowest BCUT2D eigenvalue weighted by molar-refractivity contribution is 0.728. The normalized spacial score (nSPS) is 14.5. The maximum absolute atomic E-state index is 4.94. The molecule has 262 valence electrons. The lowest BCUT2D eigenvalue weighted by Gasteiger charge is -2.41. The summed E-state index contributed by atoms with van der Waals surface area (Å²) in [6.45, 7) is 0. The summed E-state index contributed by atoms with van der Waals surface area (Å²) >= 11 is 0. The summed E-state index contributed by atoms with van der Waals surface area (Å²) in [4.78, 5) is 14.7.